The summed E-state index contributed by atoms with van der Waals surface area (Å²) < 4.78 is 0.606. The van der Waals surface area contributed by atoms with Crippen molar-refractivity contribution in [1.29, 1.82) is 0 Å². The van der Waals surface area contributed by atoms with Gasteiger partial charge in [0.25, 0.3) is 5.91 Å². The number of hydrogen-bond donors (Lipinski definition) is 3. The van der Waals surface area contributed by atoms with Gasteiger partial charge in [-0.25, -0.2) is 9.59 Å². The zero-order chi connectivity index (χ0) is 15.3. The van der Waals surface area contributed by atoms with Crippen LogP contribution in [0, 0.1) is 0 Å². The van der Waals surface area contributed by atoms with E-state index < -0.39 is 17.9 Å². The van der Waals surface area contributed by atoms with Gasteiger partial charge in [0.2, 0.25) is 0 Å². The Morgan fingerprint density at radius 2 is 1.90 bits per heavy atom. The highest BCUT2D eigenvalue weighted by atomic mass is 35.5. The molecule has 0 radical (unpaired) electrons. The molecule has 0 bridgehead atoms. The second kappa shape index (κ2) is 7.06. The summed E-state index contributed by atoms with van der Waals surface area (Å²) in [5, 5.41) is 13.3. The third-order valence-corrected chi connectivity index (χ3v) is 3.73. The van der Waals surface area contributed by atoms with Gasteiger partial charge in [0.15, 0.2) is 0 Å². The third-order valence-electron chi connectivity index (χ3n) is 2.50. The van der Waals surface area contributed by atoms with Crippen LogP contribution in [0.3, 0.4) is 0 Å². The predicted molar refractivity (Wildman–Crippen MR) is 75.7 cm³/mol. The van der Waals surface area contributed by atoms with Gasteiger partial charge in [-0.2, -0.15) is 0 Å². The average Bonchev–Trinajstić information content (AvgIpc) is 2.80. The van der Waals surface area contributed by atoms with Gasteiger partial charge in [-0.15, -0.1) is 11.3 Å². The van der Waals surface area contributed by atoms with Crippen molar-refractivity contribution >= 4 is 40.8 Å². The Morgan fingerprint density at radius 1 is 1.25 bits per heavy atom. The maximum absolute atomic E-state index is 11.6. The normalized spacial score (nSPS) is 11.6. The zero-order valence-corrected chi connectivity index (χ0v) is 12.4. The Kier molecular flexibility index (Phi) is 5.72. The van der Waals surface area contributed by atoms with E-state index in [1.807, 2.05) is 0 Å². The van der Waals surface area contributed by atoms with Crippen molar-refractivity contribution in [3.63, 3.8) is 0 Å². The van der Waals surface area contributed by atoms with Crippen LogP contribution < -0.4 is 10.6 Å². The first-order chi connectivity index (χ1) is 9.31. The molecule has 0 aliphatic rings. The van der Waals surface area contributed by atoms with Crippen molar-refractivity contribution < 1.29 is 19.5 Å². The number of halogens is 1. The predicted octanol–water partition coefficient (Wildman–Crippen LogP) is 2.15. The van der Waals surface area contributed by atoms with Crippen LogP contribution in [0.2, 0.25) is 4.34 Å². The van der Waals surface area contributed by atoms with Gasteiger partial charge in [0.05, 0.1) is 10.9 Å². The lowest BCUT2D eigenvalue weighted by molar-refractivity contribution is -0.133. The van der Waals surface area contributed by atoms with Crippen molar-refractivity contribution in [2.24, 2.45) is 0 Å². The molecular formula is C12H13ClN2O4S. The van der Waals surface area contributed by atoms with Gasteiger partial charge in [-0.3, -0.25) is 10.1 Å². The molecule has 0 atom stereocenters. The highest BCUT2D eigenvalue weighted by Crippen LogP contribution is 2.20. The largest absolute Gasteiger partial charge is 0.478 e. The second-order valence-electron chi connectivity index (χ2n) is 3.90. The van der Waals surface area contributed by atoms with Crippen LogP contribution >= 0.6 is 22.9 Å². The monoisotopic (exact) mass is 316 g/mol. The molecule has 6 nitrogen and oxygen atoms in total. The summed E-state index contributed by atoms with van der Waals surface area (Å²) in [6.07, 6.45) is 0. The van der Waals surface area contributed by atoms with Crippen LogP contribution in [-0.2, 0) is 16.1 Å². The topological polar surface area (TPSA) is 95.5 Å². The van der Waals surface area contributed by atoms with E-state index in [0.717, 1.165) is 4.88 Å². The van der Waals surface area contributed by atoms with Crippen molar-refractivity contribution in [3.8, 4) is 0 Å². The highest BCUT2D eigenvalue weighted by Gasteiger charge is 2.15. The summed E-state index contributed by atoms with van der Waals surface area (Å²) >= 11 is 7.06. The number of rotatable bonds is 4. The van der Waals surface area contributed by atoms with E-state index in [-0.39, 0.29) is 17.7 Å². The quantitative estimate of drug-likeness (QED) is 0.742. The molecule has 0 spiro atoms. The number of urea groups is 1. The number of carboxylic acids is 1. The minimum Gasteiger partial charge on any atom is -0.478 e. The fourth-order valence-corrected chi connectivity index (χ4v) is 2.21. The molecule has 3 amide bonds. The molecule has 0 aromatic carbocycles. The molecule has 0 fully saturated rings. The minimum absolute atomic E-state index is 0.0215. The van der Waals surface area contributed by atoms with Gasteiger partial charge in [0, 0.05) is 16.0 Å². The first kappa shape index (κ1) is 16.2. The number of aliphatic carboxylic acids is 1. The molecule has 3 N–H and O–H groups in total. The third kappa shape index (κ3) is 4.67. The van der Waals surface area contributed by atoms with Gasteiger partial charge >= 0.3 is 12.0 Å². The molecule has 1 aromatic rings. The molecular weight excluding hydrogens is 304 g/mol. The molecule has 0 saturated carbocycles. The Labute approximate surface area is 124 Å². The smallest absolute Gasteiger partial charge is 0.331 e. The highest BCUT2D eigenvalue weighted by molar-refractivity contribution is 7.16. The first-order valence-electron chi connectivity index (χ1n) is 5.55. The van der Waals surface area contributed by atoms with Crippen LogP contribution in [0.15, 0.2) is 23.3 Å². The lowest BCUT2D eigenvalue weighted by atomic mass is 10.1. The molecule has 1 heterocycles. The van der Waals surface area contributed by atoms with Crippen molar-refractivity contribution in [3.05, 3.63) is 32.5 Å². The van der Waals surface area contributed by atoms with Gasteiger partial charge in [-0.05, 0) is 26.0 Å². The van der Waals surface area contributed by atoms with E-state index in [0.29, 0.717) is 4.34 Å². The van der Waals surface area contributed by atoms with E-state index in [9.17, 15) is 14.4 Å². The van der Waals surface area contributed by atoms with E-state index in [1.165, 1.54) is 25.2 Å². The second-order valence-corrected chi connectivity index (χ2v) is 5.70. The fourth-order valence-electron chi connectivity index (χ4n) is 1.19. The van der Waals surface area contributed by atoms with Crippen LogP contribution in [0.1, 0.15) is 18.7 Å². The van der Waals surface area contributed by atoms with Gasteiger partial charge in [0.1, 0.15) is 0 Å². The summed E-state index contributed by atoms with van der Waals surface area (Å²) in [5.41, 5.74) is -0.132. The number of carbonyl (C=O) groups is 3. The number of hydrogen-bond acceptors (Lipinski definition) is 4. The molecule has 8 heteroatoms. The number of imide groups is 1. The number of carbonyl (C=O) groups excluding carboxylic acids is 2. The standard InChI is InChI=1S/C12H13ClN2O4S/c1-6(7(2)11(17)18)10(16)15-12(19)14-5-8-3-4-9(13)20-8/h3-4H,5H2,1-2H3,(H,17,18)(H2,14,15,16,19). The van der Waals surface area contributed by atoms with Crippen LogP contribution in [0.4, 0.5) is 4.79 Å². The number of carboxylic acid groups (broad SMARTS) is 1. The van der Waals surface area contributed by atoms with Crippen molar-refractivity contribution in [2.75, 3.05) is 0 Å². The van der Waals surface area contributed by atoms with E-state index in [4.69, 9.17) is 16.7 Å². The van der Waals surface area contributed by atoms with E-state index in [2.05, 4.69) is 10.6 Å². The Morgan fingerprint density at radius 3 is 2.40 bits per heavy atom. The summed E-state index contributed by atoms with van der Waals surface area (Å²) in [5.74, 6) is -1.95. The maximum Gasteiger partial charge on any atom is 0.331 e. The summed E-state index contributed by atoms with van der Waals surface area (Å²) in [4.78, 5) is 34.6. The van der Waals surface area contributed by atoms with Crippen LogP contribution in [-0.4, -0.2) is 23.0 Å². The van der Waals surface area contributed by atoms with Gasteiger partial charge in [-0.1, -0.05) is 11.6 Å². The fraction of sp³-hybridized carbons (Fsp3) is 0.250. The number of nitrogens with one attached hydrogen (secondary N) is 2. The van der Waals surface area contributed by atoms with Crippen LogP contribution in [0.25, 0.3) is 0 Å². The molecule has 0 aliphatic carbocycles. The molecule has 1 aromatic heterocycles. The Balaban J connectivity index is 2.52. The summed E-state index contributed by atoms with van der Waals surface area (Å²) in [6.45, 7) is 2.87. The number of thiophene rings is 1. The van der Waals surface area contributed by atoms with E-state index >= 15 is 0 Å². The first-order valence-corrected chi connectivity index (χ1v) is 6.75. The van der Waals surface area contributed by atoms with E-state index in [1.54, 1.807) is 12.1 Å². The lowest BCUT2D eigenvalue weighted by Gasteiger charge is -2.07. The molecule has 0 unspecified atom stereocenters. The summed E-state index contributed by atoms with van der Waals surface area (Å²) in [6, 6.07) is 2.77. The SMILES string of the molecule is CC(C(=O)O)=C(C)C(=O)NC(=O)NCc1ccc(Cl)s1. The zero-order valence-electron chi connectivity index (χ0n) is 10.8. The number of amides is 3. The Bertz CT molecular complexity index is 580. The molecule has 1 rings (SSSR count). The molecule has 108 valence electrons. The summed E-state index contributed by atoms with van der Waals surface area (Å²) in [7, 11) is 0. The van der Waals surface area contributed by atoms with Crippen LogP contribution in [0.5, 0.6) is 0 Å². The van der Waals surface area contributed by atoms with Crippen molar-refractivity contribution in [1.82, 2.24) is 10.6 Å². The molecule has 0 aliphatic heterocycles. The maximum atomic E-state index is 11.6. The van der Waals surface area contributed by atoms with Gasteiger partial charge < -0.3 is 10.4 Å². The Hall–Kier alpha value is -1.86. The molecule has 20 heavy (non-hydrogen) atoms. The molecule has 0 saturated heterocycles. The lowest BCUT2D eigenvalue weighted by Crippen LogP contribution is -2.39. The average molecular weight is 317 g/mol. The minimum atomic E-state index is -1.20. The van der Waals surface area contributed by atoms with Crippen molar-refractivity contribution in [2.45, 2.75) is 20.4 Å².